The van der Waals surface area contributed by atoms with E-state index in [4.69, 9.17) is 11.5 Å². The lowest BCUT2D eigenvalue weighted by Crippen LogP contribution is -2.21. The van der Waals surface area contributed by atoms with Gasteiger partial charge in [-0.2, -0.15) is 4.98 Å². The molecule has 1 aromatic heterocycles. The number of anilines is 2. The van der Waals surface area contributed by atoms with Gasteiger partial charge in [0, 0.05) is 18.3 Å². The average molecular weight is 195 g/mol. The first-order chi connectivity index (χ1) is 6.63. The summed E-state index contributed by atoms with van der Waals surface area (Å²) >= 11 is 0. The van der Waals surface area contributed by atoms with Crippen molar-refractivity contribution in [2.45, 2.75) is 13.3 Å². The molecule has 78 valence electrons. The van der Waals surface area contributed by atoms with E-state index in [0.29, 0.717) is 5.82 Å². The highest BCUT2D eigenvalue weighted by Gasteiger charge is 2.03. The zero-order valence-electron chi connectivity index (χ0n) is 8.70. The molecule has 1 rings (SSSR count). The largest absolute Gasteiger partial charge is 0.383 e. The first-order valence-corrected chi connectivity index (χ1v) is 4.69. The molecule has 0 atom stereocenters. The van der Waals surface area contributed by atoms with Gasteiger partial charge >= 0.3 is 0 Å². The molecule has 1 heterocycles. The summed E-state index contributed by atoms with van der Waals surface area (Å²) in [6, 6.07) is 0. The van der Waals surface area contributed by atoms with Crippen LogP contribution in [-0.2, 0) is 6.42 Å². The number of rotatable bonds is 4. The summed E-state index contributed by atoms with van der Waals surface area (Å²) in [5.74, 6) is 0.720. The van der Waals surface area contributed by atoms with E-state index < -0.39 is 0 Å². The molecule has 14 heavy (non-hydrogen) atoms. The molecule has 0 aliphatic heterocycles. The molecule has 5 heteroatoms. The molecule has 0 fully saturated rings. The van der Waals surface area contributed by atoms with Crippen molar-refractivity contribution in [3.63, 3.8) is 0 Å². The van der Waals surface area contributed by atoms with Crippen LogP contribution >= 0.6 is 0 Å². The molecule has 0 radical (unpaired) electrons. The van der Waals surface area contributed by atoms with Gasteiger partial charge in [-0.3, -0.25) is 0 Å². The highest BCUT2D eigenvalue weighted by Crippen LogP contribution is 2.09. The molecule has 0 bridgehead atoms. The molecule has 5 nitrogen and oxygen atoms in total. The van der Waals surface area contributed by atoms with Gasteiger partial charge in [0.25, 0.3) is 0 Å². The molecule has 0 aliphatic carbocycles. The summed E-state index contributed by atoms with van der Waals surface area (Å²) in [5, 5.41) is 0. The van der Waals surface area contributed by atoms with Crippen molar-refractivity contribution >= 4 is 11.8 Å². The zero-order chi connectivity index (χ0) is 10.6. The standard InChI is InChI=1S/C9H17N5/c1-3-14(2)5-4-7-6-12-9(11)13-8(7)10/h6H,3-5H2,1-2H3,(H4,10,11,12,13). The van der Waals surface area contributed by atoms with E-state index >= 15 is 0 Å². The lowest BCUT2D eigenvalue weighted by molar-refractivity contribution is 0.357. The van der Waals surface area contributed by atoms with E-state index in [2.05, 4.69) is 28.8 Å². The second kappa shape index (κ2) is 4.76. The summed E-state index contributed by atoms with van der Waals surface area (Å²) in [6.07, 6.45) is 2.55. The maximum atomic E-state index is 5.70. The van der Waals surface area contributed by atoms with Crippen LogP contribution in [0.25, 0.3) is 0 Å². The molecule has 0 unspecified atom stereocenters. The Balaban J connectivity index is 2.59. The number of hydrogen-bond donors (Lipinski definition) is 2. The molecular weight excluding hydrogens is 178 g/mol. The summed E-state index contributed by atoms with van der Waals surface area (Å²) in [6.45, 7) is 4.09. The average Bonchev–Trinajstić information content (AvgIpc) is 2.16. The lowest BCUT2D eigenvalue weighted by Gasteiger charge is -2.13. The summed E-state index contributed by atoms with van der Waals surface area (Å²) < 4.78 is 0. The first kappa shape index (κ1) is 10.7. The fraction of sp³-hybridized carbons (Fsp3) is 0.556. The van der Waals surface area contributed by atoms with Gasteiger partial charge < -0.3 is 16.4 Å². The van der Waals surface area contributed by atoms with E-state index in [9.17, 15) is 0 Å². The predicted octanol–water partition coefficient (Wildman–Crippen LogP) is 0.135. The number of likely N-dealkylation sites (N-methyl/N-ethyl adjacent to an activating group) is 1. The zero-order valence-corrected chi connectivity index (χ0v) is 8.70. The molecule has 1 aromatic rings. The van der Waals surface area contributed by atoms with Crippen LogP contribution in [0.4, 0.5) is 11.8 Å². The van der Waals surface area contributed by atoms with Crippen LogP contribution in [0.3, 0.4) is 0 Å². The maximum absolute atomic E-state index is 5.70. The minimum atomic E-state index is 0.232. The second-order valence-corrected chi connectivity index (χ2v) is 3.28. The number of aromatic nitrogens is 2. The van der Waals surface area contributed by atoms with Crippen LogP contribution in [0.1, 0.15) is 12.5 Å². The highest BCUT2D eigenvalue weighted by molar-refractivity contribution is 5.41. The highest BCUT2D eigenvalue weighted by atomic mass is 15.1. The molecule has 0 amide bonds. The number of nitrogens with zero attached hydrogens (tertiary/aromatic N) is 3. The molecule has 0 spiro atoms. The van der Waals surface area contributed by atoms with Crippen LogP contribution in [0.5, 0.6) is 0 Å². The van der Waals surface area contributed by atoms with E-state index in [-0.39, 0.29) is 5.95 Å². The van der Waals surface area contributed by atoms with Crippen molar-refractivity contribution in [1.82, 2.24) is 14.9 Å². The molecule has 4 N–H and O–H groups in total. The Morgan fingerprint density at radius 1 is 1.43 bits per heavy atom. The van der Waals surface area contributed by atoms with Crippen molar-refractivity contribution in [2.75, 3.05) is 31.6 Å². The Morgan fingerprint density at radius 3 is 2.71 bits per heavy atom. The van der Waals surface area contributed by atoms with Crippen LogP contribution in [0.15, 0.2) is 6.20 Å². The number of nitrogen functional groups attached to an aromatic ring is 2. The van der Waals surface area contributed by atoms with Crippen molar-refractivity contribution in [2.24, 2.45) is 0 Å². The normalized spacial score (nSPS) is 10.8. The van der Waals surface area contributed by atoms with E-state index in [0.717, 1.165) is 25.1 Å². The molecule has 0 aliphatic rings. The van der Waals surface area contributed by atoms with Crippen molar-refractivity contribution in [1.29, 1.82) is 0 Å². The van der Waals surface area contributed by atoms with Crippen LogP contribution in [0.2, 0.25) is 0 Å². The molecular formula is C9H17N5. The third kappa shape index (κ3) is 2.85. The molecule has 0 saturated carbocycles. The fourth-order valence-corrected chi connectivity index (χ4v) is 1.10. The Hall–Kier alpha value is -1.36. The topological polar surface area (TPSA) is 81.1 Å². The van der Waals surface area contributed by atoms with Crippen LogP contribution in [0, 0.1) is 0 Å². The van der Waals surface area contributed by atoms with Gasteiger partial charge in [0.15, 0.2) is 0 Å². The fourth-order valence-electron chi connectivity index (χ4n) is 1.10. The molecule has 0 aromatic carbocycles. The minimum absolute atomic E-state index is 0.232. The van der Waals surface area contributed by atoms with Crippen LogP contribution < -0.4 is 11.5 Å². The third-order valence-corrected chi connectivity index (χ3v) is 2.22. The minimum Gasteiger partial charge on any atom is -0.383 e. The SMILES string of the molecule is CCN(C)CCc1cnc(N)nc1N. The Bertz CT molecular complexity index is 299. The third-order valence-electron chi connectivity index (χ3n) is 2.22. The predicted molar refractivity (Wildman–Crippen MR) is 57.7 cm³/mol. The number of hydrogen-bond acceptors (Lipinski definition) is 5. The Labute approximate surface area is 84.1 Å². The van der Waals surface area contributed by atoms with Gasteiger partial charge in [-0.15, -0.1) is 0 Å². The van der Waals surface area contributed by atoms with Gasteiger partial charge in [-0.05, 0) is 20.0 Å². The maximum Gasteiger partial charge on any atom is 0.221 e. The lowest BCUT2D eigenvalue weighted by atomic mass is 10.2. The quantitative estimate of drug-likeness (QED) is 0.714. The van der Waals surface area contributed by atoms with Crippen molar-refractivity contribution in [3.8, 4) is 0 Å². The van der Waals surface area contributed by atoms with Crippen LogP contribution in [-0.4, -0.2) is 35.0 Å². The van der Waals surface area contributed by atoms with E-state index in [1.165, 1.54) is 0 Å². The van der Waals surface area contributed by atoms with Gasteiger partial charge in [-0.25, -0.2) is 4.98 Å². The van der Waals surface area contributed by atoms with E-state index in [1.54, 1.807) is 6.20 Å². The Kier molecular flexibility index (Phi) is 3.64. The Morgan fingerprint density at radius 2 is 2.14 bits per heavy atom. The van der Waals surface area contributed by atoms with Crippen molar-refractivity contribution in [3.05, 3.63) is 11.8 Å². The first-order valence-electron chi connectivity index (χ1n) is 4.69. The number of nitrogens with two attached hydrogens (primary N) is 2. The van der Waals surface area contributed by atoms with Gasteiger partial charge in [0.1, 0.15) is 5.82 Å². The van der Waals surface area contributed by atoms with E-state index in [1.807, 2.05) is 0 Å². The summed E-state index contributed by atoms with van der Waals surface area (Å²) in [4.78, 5) is 10.0. The molecule has 0 saturated heterocycles. The van der Waals surface area contributed by atoms with Gasteiger partial charge in [0.2, 0.25) is 5.95 Å². The summed E-state index contributed by atoms with van der Waals surface area (Å²) in [5.41, 5.74) is 12.1. The smallest absolute Gasteiger partial charge is 0.221 e. The van der Waals surface area contributed by atoms with Gasteiger partial charge in [0.05, 0.1) is 0 Å². The monoisotopic (exact) mass is 195 g/mol. The second-order valence-electron chi connectivity index (χ2n) is 3.28. The summed E-state index contributed by atoms with van der Waals surface area (Å²) in [7, 11) is 2.06. The van der Waals surface area contributed by atoms with Crippen molar-refractivity contribution < 1.29 is 0 Å². The van der Waals surface area contributed by atoms with Gasteiger partial charge in [-0.1, -0.05) is 6.92 Å².